The van der Waals surface area contributed by atoms with E-state index in [0.717, 1.165) is 36.4 Å². The van der Waals surface area contributed by atoms with Crippen molar-refractivity contribution in [2.75, 3.05) is 36.4 Å². The zero-order valence-electron chi connectivity index (χ0n) is 15.2. The Labute approximate surface area is 153 Å². The maximum atomic E-state index is 12.5. The van der Waals surface area contributed by atoms with E-state index in [1.807, 2.05) is 30.3 Å². The summed E-state index contributed by atoms with van der Waals surface area (Å²) in [5, 5.41) is 2.96. The number of nitrogens with zero attached hydrogens (tertiary/aromatic N) is 3. The Kier molecular flexibility index (Phi) is 5.51. The van der Waals surface area contributed by atoms with Crippen LogP contribution in [0.2, 0.25) is 0 Å². The van der Waals surface area contributed by atoms with E-state index in [1.165, 1.54) is 0 Å². The molecule has 2 aromatic rings. The third-order valence-electron chi connectivity index (χ3n) is 4.64. The molecule has 1 aliphatic heterocycles. The van der Waals surface area contributed by atoms with Crippen LogP contribution in [0.15, 0.2) is 42.6 Å². The van der Waals surface area contributed by atoms with Gasteiger partial charge < -0.3 is 15.1 Å². The molecule has 0 aliphatic carbocycles. The van der Waals surface area contributed by atoms with Crippen molar-refractivity contribution >= 4 is 23.7 Å². The molecule has 1 aliphatic rings. The van der Waals surface area contributed by atoms with E-state index >= 15 is 0 Å². The van der Waals surface area contributed by atoms with E-state index in [4.69, 9.17) is 0 Å². The molecule has 0 spiro atoms. The van der Waals surface area contributed by atoms with Crippen molar-refractivity contribution in [2.45, 2.75) is 19.8 Å². The lowest BCUT2D eigenvalue weighted by Gasteiger charge is -2.33. The summed E-state index contributed by atoms with van der Waals surface area (Å²) in [6.45, 7) is 7.15. The standard InChI is InChI=1S/C20H24N4O2/c1-15(2)17-5-3-4-6-18(17)22-20(26)19-8-7-16(13-21-19)24-11-9-23(14-25)10-12-24/h3-8,13-15H,9-12H2,1-2H3,(H,22,26). The third-order valence-corrected chi connectivity index (χ3v) is 4.64. The first kappa shape index (κ1) is 17.9. The molecule has 3 rings (SSSR count). The van der Waals surface area contributed by atoms with E-state index in [-0.39, 0.29) is 5.91 Å². The lowest BCUT2D eigenvalue weighted by Crippen LogP contribution is -2.45. The first-order valence-electron chi connectivity index (χ1n) is 8.89. The van der Waals surface area contributed by atoms with Crippen LogP contribution in [0.25, 0.3) is 0 Å². The molecule has 1 fully saturated rings. The zero-order valence-corrected chi connectivity index (χ0v) is 15.2. The molecule has 0 bridgehead atoms. The highest BCUT2D eigenvalue weighted by atomic mass is 16.2. The molecule has 0 unspecified atom stereocenters. The van der Waals surface area contributed by atoms with Crippen LogP contribution in [0, 0.1) is 0 Å². The molecule has 1 aromatic carbocycles. The van der Waals surface area contributed by atoms with Gasteiger partial charge in [-0.2, -0.15) is 0 Å². The average Bonchev–Trinajstić information content (AvgIpc) is 2.68. The average molecular weight is 352 g/mol. The van der Waals surface area contributed by atoms with Gasteiger partial charge in [0.05, 0.1) is 11.9 Å². The topological polar surface area (TPSA) is 65.5 Å². The van der Waals surface area contributed by atoms with Crippen LogP contribution < -0.4 is 10.2 Å². The summed E-state index contributed by atoms with van der Waals surface area (Å²) in [6, 6.07) is 11.5. The maximum Gasteiger partial charge on any atom is 0.274 e. The Balaban J connectivity index is 1.67. The number of amides is 2. The van der Waals surface area contributed by atoms with Crippen LogP contribution in [0.1, 0.15) is 35.8 Å². The number of nitrogens with one attached hydrogen (secondary N) is 1. The number of rotatable bonds is 5. The number of benzene rings is 1. The number of carbonyl (C=O) groups excluding carboxylic acids is 2. The van der Waals surface area contributed by atoms with Crippen LogP contribution in [0.3, 0.4) is 0 Å². The molecule has 1 N–H and O–H groups in total. The van der Waals surface area contributed by atoms with Gasteiger partial charge in [-0.3, -0.25) is 9.59 Å². The second-order valence-corrected chi connectivity index (χ2v) is 6.73. The predicted molar refractivity (Wildman–Crippen MR) is 103 cm³/mol. The summed E-state index contributed by atoms with van der Waals surface area (Å²) in [5.74, 6) is 0.113. The second-order valence-electron chi connectivity index (χ2n) is 6.73. The number of para-hydroxylation sites is 1. The quantitative estimate of drug-likeness (QED) is 0.841. The number of anilines is 2. The van der Waals surface area contributed by atoms with Crippen LogP contribution in [-0.4, -0.2) is 48.4 Å². The van der Waals surface area contributed by atoms with Gasteiger partial charge in [-0.25, -0.2) is 4.98 Å². The highest BCUT2D eigenvalue weighted by Crippen LogP contribution is 2.24. The number of pyridine rings is 1. The largest absolute Gasteiger partial charge is 0.367 e. The molecule has 26 heavy (non-hydrogen) atoms. The Hall–Kier alpha value is -2.89. The summed E-state index contributed by atoms with van der Waals surface area (Å²) in [5.41, 5.74) is 3.28. The fraction of sp³-hybridized carbons (Fsp3) is 0.350. The SMILES string of the molecule is CC(C)c1ccccc1NC(=O)c1ccc(N2CCN(C=O)CC2)cn1. The van der Waals surface area contributed by atoms with E-state index in [0.29, 0.717) is 24.7 Å². The molecule has 1 saturated heterocycles. The molecule has 0 radical (unpaired) electrons. The predicted octanol–water partition coefficient (Wildman–Crippen LogP) is 2.74. The van der Waals surface area contributed by atoms with Crippen molar-refractivity contribution in [3.05, 3.63) is 53.9 Å². The molecule has 2 heterocycles. The Morgan fingerprint density at radius 1 is 1.12 bits per heavy atom. The summed E-state index contributed by atoms with van der Waals surface area (Å²) >= 11 is 0. The Morgan fingerprint density at radius 2 is 1.85 bits per heavy atom. The number of hydrogen-bond acceptors (Lipinski definition) is 4. The highest BCUT2D eigenvalue weighted by molar-refractivity contribution is 6.03. The van der Waals surface area contributed by atoms with Crippen molar-refractivity contribution in [3.63, 3.8) is 0 Å². The van der Waals surface area contributed by atoms with Gasteiger partial charge in [0, 0.05) is 31.9 Å². The van der Waals surface area contributed by atoms with E-state index < -0.39 is 0 Å². The summed E-state index contributed by atoms with van der Waals surface area (Å²) in [4.78, 5) is 31.6. The van der Waals surface area contributed by atoms with Gasteiger partial charge in [-0.1, -0.05) is 32.0 Å². The van der Waals surface area contributed by atoms with Gasteiger partial charge in [0.2, 0.25) is 6.41 Å². The molecule has 2 amide bonds. The third kappa shape index (κ3) is 4.02. The van der Waals surface area contributed by atoms with Crippen molar-refractivity contribution in [3.8, 4) is 0 Å². The van der Waals surface area contributed by atoms with Crippen LogP contribution in [-0.2, 0) is 4.79 Å². The van der Waals surface area contributed by atoms with Crippen molar-refractivity contribution in [2.24, 2.45) is 0 Å². The molecular weight excluding hydrogens is 328 g/mol. The molecule has 1 aromatic heterocycles. The van der Waals surface area contributed by atoms with Gasteiger partial charge in [-0.05, 0) is 29.7 Å². The minimum Gasteiger partial charge on any atom is -0.367 e. The fourth-order valence-electron chi connectivity index (χ4n) is 3.09. The number of aromatic nitrogens is 1. The molecule has 136 valence electrons. The minimum absolute atomic E-state index is 0.213. The van der Waals surface area contributed by atoms with Crippen molar-refractivity contribution < 1.29 is 9.59 Å². The number of piperazine rings is 1. The van der Waals surface area contributed by atoms with Gasteiger partial charge in [-0.15, -0.1) is 0 Å². The molecular formula is C20H24N4O2. The van der Waals surface area contributed by atoms with Crippen molar-refractivity contribution in [1.82, 2.24) is 9.88 Å². The van der Waals surface area contributed by atoms with Crippen molar-refractivity contribution in [1.29, 1.82) is 0 Å². The van der Waals surface area contributed by atoms with E-state index in [1.54, 1.807) is 17.2 Å². The zero-order chi connectivity index (χ0) is 18.5. The lowest BCUT2D eigenvalue weighted by molar-refractivity contribution is -0.118. The summed E-state index contributed by atoms with van der Waals surface area (Å²) in [7, 11) is 0. The maximum absolute atomic E-state index is 12.5. The van der Waals surface area contributed by atoms with Gasteiger partial charge in [0.1, 0.15) is 5.69 Å². The van der Waals surface area contributed by atoms with Gasteiger partial charge in [0.25, 0.3) is 5.91 Å². The number of carbonyl (C=O) groups is 2. The first-order chi connectivity index (χ1) is 12.6. The van der Waals surface area contributed by atoms with Crippen LogP contribution >= 0.6 is 0 Å². The molecule has 6 heteroatoms. The summed E-state index contributed by atoms with van der Waals surface area (Å²) in [6.07, 6.45) is 2.61. The Morgan fingerprint density at radius 3 is 2.46 bits per heavy atom. The molecule has 0 atom stereocenters. The monoisotopic (exact) mass is 352 g/mol. The number of hydrogen-bond donors (Lipinski definition) is 1. The summed E-state index contributed by atoms with van der Waals surface area (Å²) < 4.78 is 0. The van der Waals surface area contributed by atoms with Gasteiger partial charge in [0.15, 0.2) is 0 Å². The molecule has 6 nitrogen and oxygen atoms in total. The van der Waals surface area contributed by atoms with Crippen LogP contribution in [0.5, 0.6) is 0 Å². The normalized spacial score (nSPS) is 14.4. The lowest BCUT2D eigenvalue weighted by atomic mass is 10.0. The van der Waals surface area contributed by atoms with Crippen LogP contribution in [0.4, 0.5) is 11.4 Å². The minimum atomic E-state index is -0.213. The Bertz CT molecular complexity index is 766. The van der Waals surface area contributed by atoms with Gasteiger partial charge >= 0.3 is 0 Å². The van der Waals surface area contributed by atoms with E-state index in [2.05, 4.69) is 29.0 Å². The fourth-order valence-corrected chi connectivity index (χ4v) is 3.09. The van der Waals surface area contributed by atoms with E-state index in [9.17, 15) is 9.59 Å². The second kappa shape index (κ2) is 7.99. The smallest absolute Gasteiger partial charge is 0.274 e. The highest BCUT2D eigenvalue weighted by Gasteiger charge is 2.17. The first-order valence-corrected chi connectivity index (χ1v) is 8.89. The molecule has 0 saturated carbocycles.